The smallest absolute Gasteiger partial charge is 0.360 e. The second-order valence-electron chi connectivity index (χ2n) is 8.60. The molecule has 0 radical (unpaired) electrons. The van der Waals surface area contributed by atoms with Gasteiger partial charge in [0.05, 0.1) is 18.8 Å². The highest BCUT2D eigenvalue weighted by molar-refractivity contribution is 6.11. The first-order valence-corrected chi connectivity index (χ1v) is 12.4. The maximum atomic E-state index is 13.1. The average molecular weight is 497 g/mol. The second kappa shape index (κ2) is 14.2. The molecule has 0 atom stereocenters. The minimum atomic E-state index is -0.613. The largest absolute Gasteiger partial charge is 0.464 e. The van der Waals surface area contributed by atoms with Crippen LogP contribution >= 0.6 is 0 Å². The molecule has 0 saturated carbocycles. The lowest BCUT2D eigenvalue weighted by Gasteiger charge is -2.22. The maximum Gasteiger partial charge on any atom is 0.360 e. The molecule has 0 unspecified atom stereocenters. The number of allylic oxidation sites excluding steroid dienone is 1. The van der Waals surface area contributed by atoms with Crippen molar-refractivity contribution >= 4 is 29.4 Å². The van der Waals surface area contributed by atoms with Crippen LogP contribution in [0.15, 0.2) is 41.7 Å². The summed E-state index contributed by atoms with van der Waals surface area (Å²) >= 11 is 0. The summed E-state index contributed by atoms with van der Waals surface area (Å²) in [6.45, 7) is 2.67. The van der Waals surface area contributed by atoms with Crippen LogP contribution in [0.2, 0.25) is 0 Å². The molecule has 1 fully saturated rings. The number of hydrogen-bond acceptors (Lipinski definition) is 8. The molecule has 10 heteroatoms. The van der Waals surface area contributed by atoms with Gasteiger partial charge in [-0.1, -0.05) is 25.0 Å². The van der Waals surface area contributed by atoms with E-state index in [4.69, 9.17) is 20.9 Å². The van der Waals surface area contributed by atoms with E-state index < -0.39 is 5.97 Å². The zero-order chi connectivity index (χ0) is 25.8. The molecule has 10 nitrogen and oxygen atoms in total. The van der Waals surface area contributed by atoms with E-state index in [0.29, 0.717) is 36.6 Å². The molecule has 2 heterocycles. The molecule has 1 aliphatic rings. The first-order valence-electron chi connectivity index (χ1n) is 12.4. The Morgan fingerprint density at radius 1 is 1.22 bits per heavy atom. The minimum absolute atomic E-state index is 0.0645. The van der Waals surface area contributed by atoms with Crippen molar-refractivity contribution < 1.29 is 19.1 Å². The number of nitrogens with two attached hydrogens (primary N) is 2. The van der Waals surface area contributed by atoms with E-state index in [-0.39, 0.29) is 17.6 Å². The lowest BCUT2D eigenvalue weighted by Crippen LogP contribution is -2.20. The number of amides is 1. The normalized spacial score (nSPS) is 14.8. The fourth-order valence-electron chi connectivity index (χ4n) is 3.98. The summed E-state index contributed by atoms with van der Waals surface area (Å²) in [7, 11) is 1.28. The van der Waals surface area contributed by atoms with Crippen LogP contribution in [0, 0.1) is 0 Å². The van der Waals surface area contributed by atoms with Crippen molar-refractivity contribution in [2.24, 2.45) is 16.5 Å². The summed E-state index contributed by atoms with van der Waals surface area (Å²) in [5.74, 6) is -0.987. The Kier molecular flexibility index (Phi) is 10.7. The minimum Gasteiger partial charge on any atom is -0.464 e. The molecule has 1 aromatic heterocycles. The van der Waals surface area contributed by atoms with Crippen LogP contribution in [-0.2, 0) is 9.47 Å². The highest BCUT2D eigenvalue weighted by Crippen LogP contribution is 2.25. The molecule has 1 aliphatic heterocycles. The van der Waals surface area contributed by atoms with Crippen molar-refractivity contribution in [1.29, 1.82) is 0 Å². The van der Waals surface area contributed by atoms with E-state index >= 15 is 0 Å². The molecule has 194 valence electrons. The predicted octanol–water partition coefficient (Wildman–Crippen LogP) is 3.16. The first kappa shape index (κ1) is 27.1. The van der Waals surface area contributed by atoms with Gasteiger partial charge in [-0.15, -0.1) is 0 Å². The van der Waals surface area contributed by atoms with Crippen LogP contribution in [0.25, 0.3) is 5.57 Å². The van der Waals surface area contributed by atoms with E-state index in [9.17, 15) is 9.59 Å². The number of esters is 1. The van der Waals surface area contributed by atoms with Crippen LogP contribution in [0.5, 0.6) is 0 Å². The Morgan fingerprint density at radius 3 is 2.69 bits per heavy atom. The Hall–Kier alpha value is -3.50. The fraction of sp³-hybridized carbons (Fsp3) is 0.462. The number of methoxy groups -OCH3 is 1. The summed E-state index contributed by atoms with van der Waals surface area (Å²) in [5.41, 5.74) is 13.6. The molecule has 0 aliphatic carbocycles. The quantitative estimate of drug-likeness (QED) is 0.232. The molecule has 36 heavy (non-hydrogen) atoms. The van der Waals surface area contributed by atoms with Gasteiger partial charge in [0.2, 0.25) is 0 Å². The van der Waals surface area contributed by atoms with Crippen molar-refractivity contribution in [2.45, 2.75) is 44.6 Å². The van der Waals surface area contributed by atoms with E-state index in [1.165, 1.54) is 13.3 Å². The van der Waals surface area contributed by atoms with Gasteiger partial charge in [0.15, 0.2) is 5.69 Å². The van der Waals surface area contributed by atoms with Crippen LogP contribution in [0.1, 0.15) is 71.0 Å². The second-order valence-corrected chi connectivity index (χ2v) is 8.60. The summed E-state index contributed by atoms with van der Waals surface area (Å²) in [6, 6.07) is 7.17. The lowest BCUT2D eigenvalue weighted by molar-refractivity contribution is 0.0583. The Bertz CT molecular complexity index is 1070. The number of nitrogens with zero attached hydrogens (tertiary/aromatic N) is 3. The van der Waals surface area contributed by atoms with Crippen LogP contribution in [-0.4, -0.2) is 61.3 Å². The molecule has 0 bridgehead atoms. The fourth-order valence-corrected chi connectivity index (χ4v) is 3.98. The SMILES string of the molecule is COC(=O)c1nn(C2CCOCC2)cc1NC(=O)c1cccc(C(C=NCCCCCCN)=CN)c1. The van der Waals surface area contributed by atoms with Crippen LogP contribution < -0.4 is 16.8 Å². The van der Waals surface area contributed by atoms with Gasteiger partial charge in [-0.05, 0) is 49.9 Å². The Morgan fingerprint density at radius 2 is 1.97 bits per heavy atom. The van der Waals surface area contributed by atoms with Gasteiger partial charge in [0, 0.05) is 49.5 Å². The number of carbonyl (C=O) groups is 2. The van der Waals surface area contributed by atoms with Gasteiger partial charge < -0.3 is 26.3 Å². The van der Waals surface area contributed by atoms with Gasteiger partial charge in [-0.25, -0.2) is 4.79 Å². The van der Waals surface area contributed by atoms with Crippen molar-refractivity contribution in [2.75, 3.05) is 38.7 Å². The molecule has 1 saturated heterocycles. The lowest BCUT2D eigenvalue weighted by atomic mass is 10.0. The molecular formula is C26H36N6O4. The number of carbonyl (C=O) groups excluding carboxylic acids is 2. The number of nitrogens with one attached hydrogen (secondary N) is 1. The van der Waals surface area contributed by atoms with Gasteiger partial charge in [-0.3, -0.25) is 14.5 Å². The van der Waals surface area contributed by atoms with E-state index in [0.717, 1.165) is 50.6 Å². The number of benzene rings is 1. The number of aromatic nitrogens is 2. The zero-order valence-corrected chi connectivity index (χ0v) is 20.8. The van der Waals surface area contributed by atoms with E-state index in [1.807, 2.05) is 6.07 Å². The summed E-state index contributed by atoms with van der Waals surface area (Å²) < 4.78 is 12.0. The van der Waals surface area contributed by atoms with Crippen molar-refractivity contribution in [3.05, 3.63) is 53.5 Å². The number of unbranched alkanes of at least 4 members (excludes halogenated alkanes) is 3. The zero-order valence-electron chi connectivity index (χ0n) is 20.8. The monoisotopic (exact) mass is 496 g/mol. The van der Waals surface area contributed by atoms with Gasteiger partial charge in [0.25, 0.3) is 5.91 Å². The van der Waals surface area contributed by atoms with Gasteiger partial charge in [0.1, 0.15) is 0 Å². The number of hydrogen-bond donors (Lipinski definition) is 3. The topological polar surface area (TPSA) is 147 Å². The number of ether oxygens (including phenoxy) is 2. The third-order valence-corrected chi connectivity index (χ3v) is 6.03. The van der Waals surface area contributed by atoms with Crippen molar-refractivity contribution in [3.63, 3.8) is 0 Å². The molecule has 1 amide bonds. The van der Waals surface area contributed by atoms with Gasteiger partial charge >= 0.3 is 5.97 Å². The van der Waals surface area contributed by atoms with Crippen LogP contribution in [0.3, 0.4) is 0 Å². The first-order chi connectivity index (χ1) is 17.6. The Labute approximate surface area is 211 Å². The van der Waals surface area contributed by atoms with E-state index in [2.05, 4.69) is 15.4 Å². The molecule has 1 aromatic carbocycles. The predicted molar refractivity (Wildman–Crippen MR) is 140 cm³/mol. The van der Waals surface area contributed by atoms with Crippen molar-refractivity contribution in [3.8, 4) is 0 Å². The molecule has 2 aromatic rings. The standard InChI is InChI=1S/C26H36N6O4/c1-35-26(34)24-23(18-32(31-24)22-9-13-36-14-10-22)30-25(33)20-8-6-7-19(15-20)21(16-28)17-29-12-5-3-2-4-11-27/h6-8,15-18,22H,2-5,9-14,27-28H2,1H3,(H,30,33). The maximum absolute atomic E-state index is 13.1. The summed E-state index contributed by atoms with van der Waals surface area (Å²) in [4.78, 5) is 29.9. The number of anilines is 1. The third kappa shape index (κ3) is 7.50. The molecular weight excluding hydrogens is 460 g/mol. The number of aliphatic imine (C=N–C) groups is 1. The van der Waals surface area contributed by atoms with Gasteiger partial charge in [-0.2, -0.15) is 5.10 Å². The van der Waals surface area contributed by atoms with E-state index in [1.54, 1.807) is 35.3 Å². The molecule has 3 rings (SSSR count). The Balaban J connectivity index is 1.70. The number of rotatable bonds is 12. The van der Waals surface area contributed by atoms with Crippen LogP contribution in [0.4, 0.5) is 5.69 Å². The summed E-state index contributed by atoms with van der Waals surface area (Å²) in [5, 5.41) is 7.21. The average Bonchev–Trinajstić information content (AvgIpc) is 3.34. The molecule has 0 spiro atoms. The highest BCUT2D eigenvalue weighted by atomic mass is 16.5. The molecule has 5 N–H and O–H groups in total. The highest BCUT2D eigenvalue weighted by Gasteiger charge is 2.24. The van der Waals surface area contributed by atoms with Crippen molar-refractivity contribution in [1.82, 2.24) is 9.78 Å². The summed E-state index contributed by atoms with van der Waals surface area (Å²) in [6.07, 6.45) is 10.6. The third-order valence-electron chi connectivity index (χ3n) is 6.03.